The number of aliphatic imine (C=N–C) groups is 1. The largest absolute Gasteiger partial charge is 0.381 e. The standard InChI is InChI=1S/C18H28N6O/c1-3-4-11-25-12-5-8-21-18(19-2)23-14-16-6-7-17(22-13-16)24-10-9-20-15-24/h6-7,9-10,13,15H,3-5,8,11-12,14H2,1-2H3,(H2,19,21,23). The van der Waals surface area contributed by atoms with E-state index >= 15 is 0 Å². The van der Waals surface area contributed by atoms with E-state index in [4.69, 9.17) is 4.74 Å². The highest BCUT2D eigenvalue weighted by Gasteiger charge is 2.00. The van der Waals surface area contributed by atoms with Crippen molar-refractivity contribution in [1.82, 2.24) is 25.2 Å². The lowest BCUT2D eigenvalue weighted by atomic mass is 10.3. The Morgan fingerprint density at radius 1 is 1.24 bits per heavy atom. The van der Waals surface area contributed by atoms with Crippen molar-refractivity contribution in [2.45, 2.75) is 32.7 Å². The maximum absolute atomic E-state index is 5.55. The summed E-state index contributed by atoms with van der Waals surface area (Å²) in [6.45, 7) is 5.31. The lowest BCUT2D eigenvalue weighted by Gasteiger charge is -2.12. The predicted molar refractivity (Wildman–Crippen MR) is 99.9 cm³/mol. The number of ether oxygens (including phenoxy) is 1. The van der Waals surface area contributed by atoms with Crippen molar-refractivity contribution in [2.75, 3.05) is 26.8 Å². The summed E-state index contributed by atoms with van der Waals surface area (Å²) in [5.41, 5.74) is 1.09. The van der Waals surface area contributed by atoms with Crippen molar-refractivity contribution in [3.63, 3.8) is 0 Å². The molecular weight excluding hydrogens is 316 g/mol. The Labute approximate surface area is 149 Å². The van der Waals surface area contributed by atoms with E-state index in [0.717, 1.165) is 49.9 Å². The number of imidazole rings is 1. The molecule has 25 heavy (non-hydrogen) atoms. The molecule has 0 spiro atoms. The third-order valence-corrected chi connectivity index (χ3v) is 3.66. The normalized spacial score (nSPS) is 11.5. The first-order chi connectivity index (χ1) is 12.3. The Hall–Kier alpha value is -2.41. The van der Waals surface area contributed by atoms with Gasteiger partial charge in [0.05, 0.1) is 0 Å². The fourth-order valence-electron chi connectivity index (χ4n) is 2.20. The van der Waals surface area contributed by atoms with Crippen LogP contribution in [0.25, 0.3) is 5.82 Å². The van der Waals surface area contributed by atoms with Gasteiger partial charge < -0.3 is 15.4 Å². The average molecular weight is 344 g/mol. The van der Waals surface area contributed by atoms with Crippen molar-refractivity contribution in [1.29, 1.82) is 0 Å². The van der Waals surface area contributed by atoms with E-state index in [-0.39, 0.29) is 0 Å². The lowest BCUT2D eigenvalue weighted by Crippen LogP contribution is -2.37. The van der Waals surface area contributed by atoms with Crippen LogP contribution in [0.2, 0.25) is 0 Å². The zero-order valence-electron chi connectivity index (χ0n) is 15.1. The van der Waals surface area contributed by atoms with Crippen molar-refractivity contribution in [3.8, 4) is 5.82 Å². The zero-order chi connectivity index (χ0) is 17.7. The highest BCUT2D eigenvalue weighted by Crippen LogP contribution is 2.05. The Kier molecular flexibility index (Phi) is 8.48. The molecule has 0 radical (unpaired) electrons. The summed E-state index contributed by atoms with van der Waals surface area (Å²) in [7, 11) is 1.77. The smallest absolute Gasteiger partial charge is 0.191 e. The van der Waals surface area contributed by atoms with Gasteiger partial charge in [-0.25, -0.2) is 9.97 Å². The van der Waals surface area contributed by atoms with Crippen molar-refractivity contribution in [2.24, 2.45) is 4.99 Å². The van der Waals surface area contributed by atoms with E-state index < -0.39 is 0 Å². The predicted octanol–water partition coefficient (Wildman–Crippen LogP) is 2.14. The summed E-state index contributed by atoms with van der Waals surface area (Å²) in [5.74, 6) is 1.64. The summed E-state index contributed by atoms with van der Waals surface area (Å²) >= 11 is 0. The molecule has 2 aromatic rings. The van der Waals surface area contributed by atoms with Gasteiger partial charge in [-0.3, -0.25) is 9.56 Å². The Balaban J connectivity index is 1.66. The molecule has 0 saturated heterocycles. The summed E-state index contributed by atoms with van der Waals surface area (Å²) in [6.07, 6.45) is 10.5. The number of hydrogen-bond donors (Lipinski definition) is 2. The molecule has 0 bridgehead atoms. The van der Waals surface area contributed by atoms with Crippen LogP contribution in [-0.2, 0) is 11.3 Å². The van der Waals surface area contributed by atoms with Crippen LogP contribution in [0.1, 0.15) is 31.7 Å². The monoisotopic (exact) mass is 344 g/mol. The average Bonchev–Trinajstić information content (AvgIpc) is 3.18. The van der Waals surface area contributed by atoms with Crippen molar-refractivity contribution >= 4 is 5.96 Å². The highest BCUT2D eigenvalue weighted by molar-refractivity contribution is 5.79. The van der Waals surface area contributed by atoms with E-state index in [0.29, 0.717) is 6.54 Å². The molecular formula is C18H28N6O. The van der Waals surface area contributed by atoms with Crippen molar-refractivity contribution in [3.05, 3.63) is 42.6 Å². The fraction of sp³-hybridized carbons (Fsp3) is 0.500. The summed E-state index contributed by atoms with van der Waals surface area (Å²) in [6, 6.07) is 4.02. The molecule has 2 heterocycles. The van der Waals surface area contributed by atoms with Gasteiger partial charge in [-0.1, -0.05) is 19.4 Å². The molecule has 2 aromatic heterocycles. The first-order valence-corrected chi connectivity index (χ1v) is 8.79. The molecule has 2 N–H and O–H groups in total. The van der Waals surface area contributed by atoms with Crippen LogP contribution in [0, 0.1) is 0 Å². The number of nitrogens with zero attached hydrogens (tertiary/aromatic N) is 4. The first kappa shape index (κ1) is 18.9. The highest BCUT2D eigenvalue weighted by atomic mass is 16.5. The third kappa shape index (κ3) is 6.93. The topological polar surface area (TPSA) is 76.4 Å². The van der Waals surface area contributed by atoms with E-state index in [1.54, 1.807) is 19.6 Å². The van der Waals surface area contributed by atoms with E-state index in [2.05, 4.69) is 32.5 Å². The minimum Gasteiger partial charge on any atom is -0.381 e. The van der Waals surface area contributed by atoms with E-state index in [9.17, 15) is 0 Å². The third-order valence-electron chi connectivity index (χ3n) is 3.66. The number of aromatic nitrogens is 3. The Morgan fingerprint density at radius 3 is 2.80 bits per heavy atom. The van der Waals surface area contributed by atoms with Crippen LogP contribution in [0.15, 0.2) is 42.0 Å². The van der Waals surface area contributed by atoms with Crippen LogP contribution >= 0.6 is 0 Å². The molecule has 7 nitrogen and oxygen atoms in total. The van der Waals surface area contributed by atoms with Crippen molar-refractivity contribution < 1.29 is 4.74 Å². The zero-order valence-corrected chi connectivity index (χ0v) is 15.1. The van der Waals surface area contributed by atoms with Gasteiger partial charge in [0.1, 0.15) is 12.1 Å². The van der Waals surface area contributed by atoms with Crippen LogP contribution < -0.4 is 10.6 Å². The molecule has 0 aliphatic carbocycles. The molecule has 0 amide bonds. The second-order valence-electron chi connectivity index (χ2n) is 5.67. The second-order valence-corrected chi connectivity index (χ2v) is 5.67. The molecule has 0 atom stereocenters. The maximum atomic E-state index is 5.55. The van der Waals surface area contributed by atoms with Crippen LogP contribution in [0.3, 0.4) is 0 Å². The van der Waals surface area contributed by atoms with E-state index in [1.807, 2.05) is 29.1 Å². The summed E-state index contributed by atoms with van der Waals surface area (Å²) < 4.78 is 7.42. The van der Waals surface area contributed by atoms with Crippen LogP contribution in [-0.4, -0.2) is 47.3 Å². The first-order valence-electron chi connectivity index (χ1n) is 8.79. The molecule has 0 unspecified atom stereocenters. The van der Waals surface area contributed by atoms with Gasteiger partial charge in [-0.2, -0.15) is 0 Å². The lowest BCUT2D eigenvalue weighted by molar-refractivity contribution is 0.129. The number of rotatable bonds is 10. The molecule has 136 valence electrons. The summed E-state index contributed by atoms with van der Waals surface area (Å²) in [5, 5.41) is 6.58. The minimum absolute atomic E-state index is 0.671. The van der Waals surface area contributed by atoms with Gasteiger partial charge in [0, 0.05) is 51.9 Å². The molecule has 0 aromatic carbocycles. The van der Waals surface area contributed by atoms with Crippen LogP contribution in [0.5, 0.6) is 0 Å². The van der Waals surface area contributed by atoms with Gasteiger partial charge >= 0.3 is 0 Å². The van der Waals surface area contributed by atoms with Crippen LogP contribution in [0.4, 0.5) is 0 Å². The number of pyridine rings is 1. The fourth-order valence-corrected chi connectivity index (χ4v) is 2.20. The molecule has 0 aliphatic heterocycles. The molecule has 7 heteroatoms. The van der Waals surface area contributed by atoms with E-state index in [1.165, 1.54) is 6.42 Å². The van der Waals surface area contributed by atoms with Gasteiger partial charge in [0.25, 0.3) is 0 Å². The SMILES string of the molecule is CCCCOCCCNC(=NC)NCc1ccc(-n2ccnc2)nc1. The Morgan fingerprint density at radius 2 is 2.12 bits per heavy atom. The number of guanidine groups is 1. The van der Waals surface area contributed by atoms with Gasteiger partial charge in [-0.05, 0) is 24.5 Å². The molecule has 2 rings (SSSR count). The minimum atomic E-state index is 0.671. The molecule has 0 fully saturated rings. The number of unbranched alkanes of at least 4 members (excludes halogenated alkanes) is 1. The maximum Gasteiger partial charge on any atom is 0.191 e. The van der Waals surface area contributed by atoms with Gasteiger partial charge in [0.2, 0.25) is 0 Å². The summed E-state index contributed by atoms with van der Waals surface area (Å²) in [4.78, 5) is 12.7. The number of nitrogens with one attached hydrogen (secondary N) is 2. The Bertz CT molecular complexity index is 609. The molecule has 0 aliphatic rings. The quantitative estimate of drug-likeness (QED) is 0.392. The van der Waals surface area contributed by atoms with Gasteiger partial charge in [-0.15, -0.1) is 0 Å². The second kappa shape index (κ2) is 11.2. The molecule has 0 saturated carbocycles. The number of hydrogen-bond acceptors (Lipinski definition) is 4. The van der Waals surface area contributed by atoms with Gasteiger partial charge in [0.15, 0.2) is 5.96 Å².